The number of hydrogen-bond donors (Lipinski definition) is 0. The van der Waals surface area contributed by atoms with E-state index in [2.05, 4.69) is 232 Å². The lowest BCUT2D eigenvalue weighted by Gasteiger charge is -2.32. The van der Waals surface area contributed by atoms with Crippen LogP contribution in [0.1, 0.15) is 35.1 Å². The predicted molar refractivity (Wildman–Crippen MR) is 411 cm³/mol. The molecule has 1 aliphatic rings. The maximum absolute atomic E-state index is 6.27. The summed E-state index contributed by atoms with van der Waals surface area (Å²) in [6.45, 7) is 8.31. The number of halogens is 1. The fourth-order valence-corrected chi connectivity index (χ4v) is 13.6. The van der Waals surface area contributed by atoms with Crippen LogP contribution in [0.25, 0.3) is 165 Å². The fourth-order valence-electron chi connectivity index (χ4n) is 13.5. The molecule has 10 nitrogen and oxygen atoms in total. The molecule has 1 saturated heterocycles. The summed E-state index contributed by atoms with van der Waals surface area (Å²) in [4.78, 5) is 38.7. The number of hydrogen-bond acceptors (Lipinski definition) is 10. The minimum Gasteiger partial charge on any atom is -0.399 e. The van der Waals surface area contributed by atoms with Crippen LogP contribution in [0.3, 0.4) is 0 Å². The first-order valence-corrected chi connectivity index (χ1v) is 33.2. The van der Waals surface area contributed by atoms with Gasteiger partial charge in [-0.2, -0.15) is 0 Å². The SMILES string of the molecule is C.CC1(C)OB(c2cccc(-c3cnc4c(c3)c3ccccc3c3cccnc34)c2)OC1(C)C.Clc1ccc2ccc3ccc(-c4ccccc4)nc3c2n1.c1ccc(-c2ccc3ccc4ccc(-c5cccc(-c6cnc7c(c6)c6ccccc6c6cccnc67)c5)nc4c3n2)cc1. The zero-order valence-corrected chi connectivity index (χ0v) is 54.8. The molecule has 0 saturated carbocycles. The van der Waals surface area contributed by atoms with Crippen LogP contribution in [0.2, 0.25) is 5.15 Å². The van der Waals surface area contributed by atoms with Gasteiger partial charge in [-0.15, -0.1) is 0 Å². The van der Waals surface area contributed by atoms with E-state index in [1.807, 2.05) is 91.5 Å². The molecule has 0 unspecified atom stereocenters. The monoisotopic (exact) mass is 1300 g/mol. The summed E-state index contributed by atoms with van der Waals surface area (Å²) in [5, 5.41) is 14.0. The summed E-state index contributed by atoms with van der Waals surface area (Å²) < 4.78 is 12.5. The van der Waals surface area contributed by atoms with Gasteiger partial charge in [-0.1, -0.05) is 225 Å². The molecule has 8 aromatic heterocycles. The number of nitrogens with zero attached hydrogens (tertiary/aromatic N) is 8. The quantitative estimate of drug-likeness (QED) is 0.0904. The largest absolute Gasteiger partial charge is 0.494 e. The highest BCUT2D eigenvalue weighted by molar-refractivity contribution is 6.62. The molecule has 10 aromatic carbocycles. The normalized spacial score (nSPS) is 13.3. The lowest BCUT2D eigenvalue weighted by atomic mass is 9.78. The average Bonchev–Trinajstić information content (AvgIpc) is 1.68. The van der Waals surface area contributed by atoms with Crippen molar-refractivity contribution in [3.8, 4) is 56.0 Å². The second-order valence-corrected chi connectivity index (χ2v) is 26.2. The van der Waals surface area contributed by atoms with Crippen molar-refractivity contribution in [1.82, 2.24) is 39.9 Å². The fraction of sp³-hybridized carbons (Fsp3) is 0.0805. The van der Waals surface area contributed by atoms with Crippen molar-refractivity contribution >= 4 is 133 Å². The van der Waals surface area contributed by atoms with Crippen LogP contribution >= 0.6 is 11.6 Å². The molecular formula is C87H64BClN8O2. The van der Waals surface area contributed by atoms with Gasteiger partial charge in [0.2, 0.25) is 0 Å². The van der Waals surface area contributed by atoms with Crippen LogP contribution in [-0.2, 0) is 9.31 Å². The van der Waals surface area contributed by atoms with Gasteiger partial charge in [0.25, 0.3) is 0 Å². The zero-order chi connectivity index (χ0) is 66.1. The molecule has 0 aliphatic carbocycles. The summed E-state index contributed by atoms with van der Waals surface area (Å²) in [5.74, 6) is 0. The zero-order valence-electron chi connectivity index (χ0n) is 54.1. The van der Waals surface area contributed by atoms with Gasteiger partial charge in [-0.05, 0) is 126 Å². The summed E-state index contributed by atoms with van der Waals surface area (Å²) in [6, 6.07) is 91.7. The van der Waals surface area contributed by atoms with Crippen LogP contribution in [-0.4, -0.2) is 58.2 Å². The van der Waals surface area contributed by atoms with Crippen LogP contribution in [0.15, 0.2) is 292 Å². The molecule has 0 spiro atoms. The molecule has 474 valence electrons. The van der Waals surface area contributed by atoms with Gasteiger partial charge >= 0.3 is 7.12 Å². The van der Waals surface area contributed by atoms with Crippen molar-refractivity contribution in [1.29, 1.82) is 0 Å². The third kappa shape index (κ3) is 11.5. The highest BCUT2D eigenvalue weighted by atomic mass is 35.5. The molecule has 0 amide bonds. The second-order valence-electron chi connectivity index (χ2n) is 25.8. The smallest absolute Gasteiger partial charge is 0.399 e. The molecule has 0 N–H and O–H groups in total. The Kier molecular flexibility index (Phi) is 15.9. The topological polar surface area (TPSA) is 122 Å². The van der Waals surface area contributed by atoms with E-state index in [0.717, 1.165) is 149 Å². The van der Waals surface area contributed by atoms with E-state index in [4.69, 9.17) is 50.8 Å². The highest BCUT2D eigenvalue weighted by Crippen LogP contribution is 2.40. The van der Waals surface area contributed by atoms with Crippen LogP contribution in [0.4, 0.5) is 0 Å². The standard InChI is InChI=1S/C40H24N4.C28H25BN2O2.C18H11ClN2.CH4/c1-2-8-25(9-3-1)35-19-17-26-15-16-27-18-20-36(44-38(27)37(26)43-35)29-11-6-10-28(22-29)30-23-34-32-13-5-4-12-31(32)33-14-7-21-41-39(33)40(34)42-24-30;1-27(2)28(3,4)33-29(32-27)20-10-7-9-18(15-20)19-16-24-22-12-6-5-11-21(22)23-13-8-14-30-25(23)26(24)31-17-19;19-16-11-9-14-7-6-13-8-10-15(12-4-2-1-3-5-12)20-17(13)18(14)21-16;/h1-24H;5-17H,1-4H3;1-11H;1H4. The van der Waals surface area contributed by atoms with Gasteiger partial charge in [0.15, 0.2) is 0 Å². The number of benzene rings is 10. The van der Waals surface area contributed by atoms with E-state index in [0.29, 0.717) is 5.15 Å². The summed E-state index contributed by atoms with van der Waals surface area (Å²) in [7, 11) is -0.391. The molecule has 0 radical (unpaired) electrons. The molecule has 19 rings (SSSR count). The first-order valence-electron chi connectivity index (χ1n) is 32.8. The van der Waals surface area contributed by atoms with Gasteiger partial charge in [-0.25, -0.2) is 19.9 Å². The summed E-state index contributed by atoms with van der Waals surface area (Å²) in [5.41, 5.74) is 17.8. The average molecular weight is 1300 g/mol. The Morgan fingerprint density at radius 1 is 0.283 bits per heavy atom. The number of pyridine rings is 8. The lowest BCUT2D eigenvalue weighted by Crippen LogP contribution is -2.41. The van der Waals surface area contributed by atoms with Gasteiger partial charge < -0.3 is 9.31 Å². The molecule has 9 heterocycles. The Balaban J connectivity index is 0.000000123. The van der Waals surface area contributed by atoms with E-state index < -0.39 is 7.12 Å². The minimum absolute atomic E-state index is 0. The Morgan fingerprint density at radius 2 is 0.636 bits per heavy atom. The Hall–Kier alpha value is -11.7. The summed E-state index contributed by atoms with van der Waals surface area (Å²) in [6.07, 6.45) is 7.57. The molecule has 0 bridgehead atoms. The molecular weight excluding hydrogens is 1240 g/mol. The molecule has 99 heavy (non-hydrogen) atoms. The van der Waals surface area contributed by atoms with Gasteiger partial charge in [-0.3, -0.25) is 19.9 Å². The Labute approximate surface area is 577 Å². The van der Waals surface area contributed by atoms with Crippen molar-refractivity contribution in [2.75, 3.05) is 0 Å². The lowest BCUT2D eigenvalue weighted by molar-refractivity contribution is 0.00578. The Morgan fingerprint density at radius 3 is 1.11 bits per heavy atom. The van der Waals surface area contributed by atoms with Crippen molar-refractivity contribution in [3.05, 3.63) is 297 Å². The third-order valence-electron chi connectivity index (χ3n) is 19.2. The van der Waals surface area contributed by atoms with Crippen LogP contribution in [0, 0.1) is 0 Å². The third-order valence-corrected chi connectivity index (χ3v) is 19.4. The first kappa shape index (κ1) is 62.1. The molecule has 12 heteroatoms. The van der Waals surface area contributed by atoms with E-state index in [1.54, 1.807) is 6.07 Å². The van der Waals surface area contributed by atoms with Crippen molar-refractivity contribution in [2.45, 2.75) is 46.3 Å². The van der Waals surface area contributed by atoms with Crippen molar-refractivity contribution in [2.24, 2.45) is 0 Å². The molecule has 18 aromatic rings. The maximum Gasteiger partial charge on any atom is 0.494 e. The van der Waals surface area contributed by atoms with E-state index >= 15 is 0 Å². The van der Waals surface area contributed by atoms with Crippen LogP contribution in [0.5, 0.6) is 0 Å². The van der Waals surface area contributed by atoms with E-state index in [-0.39, 0.29) is 18.6 Å². The van der Waals surface area contributed by atoms with Crippen LogP contribution < -0.4 is 5.46 Å². The van der Waals surface area contributed by atoms with E-state index in [9.17, 15) is 0 Å². The highest BCUT2D eigenvalue weighted by Gasteiger charge is 2.51. The molecule has 0 atom stereocenters. The maximum atomic E-state index is 6.27. The predicted octanol–water partition coefficient (Wildman–Crippen LogP) is 21.7. The second kappa shape index (κ2) is 25.4. The van der Waals surface area contributed by atoms with Gasteiger partial charge in [0.05, 0.1) is 72.4 Å². The first-order chi connectivity index (χ1) is 47.9. The summed E-state index contributed by atoms with van der Waals surface area (Å²) >= 11 is 6.04. The van der Waals surface area contributed by atoms with Crippen molar-refractivity contribution < 1.29 is 9.31 Å². The minimum atomic E-state index is -0.391. The molecule has 1 aliphatic heterocycles. The number of fused-ring (bicyclic) bond motifs is 18. The number of aromatic nitrogens is 8. The Bertz CT molecular complexity index is 6110. The number of rotatable bonds is 6. The van der Waals surface area contributed by atoms with Gasteiger partial charge in [0.1, 0.15) is 5.15 Å². The molecule has 1 fully saturated rings. The van der Waals surface area contributed by atoms with E-state index in [1.165, 1.54) is 21.5 Å². The van der Waals surface area contributed by atoms with Gasteiger partial charge in [0, 0.05) is 95.7 Å². The van der Waals surface area contributed by atoms with Crippen molar-refractivity contribution in [3.63, 3.8) is 0 Å².